The maximum absolute atomic E-state index is 12.2. The molecule has 76 valence electrons. The number of carbonyl (C=O) groups is 2. The van der Waals surface area contributed by atoms with Crippen molar-refractivity contribution in [2.45, 2.75) is 31.4 Å². The minimum atomic E-state index is -1.53. The van der Waals surface area contributed by atoms with Crippen molar-refractivity contribution in [3.05, 3.63) is 0 Å². The number of aldehydes is 1. The molecule has 5 heteroatoms. The molecule has 0 unspecified atom stereocenters. The van der Waals surface area contributed by atoms with E-state index >= 15 is 0 Å². The molecule has 0 rings (SSSR count). The molecule has 0 radical (unpaired) electrons. The molecular formula is C8H14FNO2S. The predicted molar refractivity (Wildman–Crippen MR) is 51.2 cm³/mol. The van der Waals surface area contributed by atoms with Crippen molar-refractivity contribution in [1.82, 2.24) is 4.31 Å². The van der Waals surface area contributed by atoms with Crippen LogP contribution >= 0.6 is 11.9 Å². The molecule has 3 nitrogen and oxygen atoms in total. The summed E-state index contributed by atoms with van der Waals surface area (Å²) in [5, 5.41) is 0. The van der Waals surface area contributed by atoms with Crippen LogP contribution in [0.1, 0.15) is 26.7 Å². The quantitative estimate of drug-likeness (QED) is 0.301. The van der Waals surface area contributed by atoms with Crippen LogP contribution in [-0.4, -0.2) is 28.5 Å². The van der Waals surface area contributed by atoms with Gasteiger partial charge in [-0.1, -0.05) is 13.8 Å². The van der Waals surface area contributed by atoms with Gasteiger partial charge in [0.15, 0.2) is 0 Å². The van der Waals surface area contributed by atoms with Crippen LogP contribution in [0.4, 0.5) is 9.18 Å². The molecule has 0 saturated carbocycles. The standard InChI is InChI=1S/C8H14FNO2S/c1-4-8(5-2,6-11)13-10(3)7(9)12/h6H,4-5H2,1-3H3. The van der Waals surface area contributed by atoms with Gasteiger partial charge in [0, 0.05) is 7.05 Å². The first kappa shape index (κ1) is 12.4. The van der Waals surface area contributed by atoms with Crippen molar-refractivity contribution in [2.75, 3.05) is 7.05 Å². The fourth-order valence-electron chi connectivity index (χ4n) is 0.876. The van der Waals surface area contributed by atoms with Crippen molar-refractivity contribution < 1.29 is 14.0 Å². The van der Waals surface area contributed by atoms with E-state index in [9.17, 15) is 14.0 Å². The monoisotopic (exact) mass is 207 g/mol. The van der Waals surface area contributed by atoms with E-state index in [1.165, 1.54) is 7.05 Å². The van der Waals surface area contributed by atoms with E-state index < -0.39 is 10.9 Å². The smallest absolute Gasteiger partial charge is 0.302 e. The average molecular weight is 207 g/mol. The Hall–Kier alpha value is -0.580. The Labute approximate surface area is 81.8 Å². The molecule has 0 atom stereocenters. The van der Waals surface area contributed by atoms with Gasteiger partial charge >= 0.3 is 6.16 Å². The fraction of sp³-hybridized carbons (Fsp3) is 0.750. The molecule has 0 saturated heterocycles. The Bertz CT molecular complexity index is 195. The molecule has 0 aliphatic carbocycles. The highest BCUT2D eigenvalue weighted by molar-refractivity contribution is 7.99. The maximum Gasteiger partial charge on any atom is 0.409 e. The zero-order chi connectivity index (χ0) is 10.5. The summed E-state index contributed by atoms with van der Waals surface area (Å²) in [6.07, 6.45) is 0.403. The predicted octanol–water partition coefficient (Wildman–Crippen LogP) is 2.41. The number of hydrogen-bond donors (Lipinski definition) is 0. The SMILES string of the molecule is CCC(C=O)(CC)SN(C)C(=O)F. The molecule has 0 aromatic heterocycles. The number of hydrogen-bond acceptors (Lipinski definition) is 3. The van der Waals surface area contributed by atoms with Gasteiger partial charge in [-0.2, -0.15) is 0 Å². The molecule has 0 aliphatic rings. The van der Waals surface area contributed by atoms with Crippen molar-refractivity contribution in [3.8, 4) is 0 Å². The topological polar surface area (TPSA) is 37.4 Å². The van der Waals surface area contributed by atoms with E-state index in [1.807, 2.05) is 13.8 Å². The number of carbonyl (C=O) groups excluding carboxylic acids is 2. The first-order valence-electron chi connectivity index (χ1n) is 4.10. The van der Waals surface area contributed by atoms with Gasteiger partial charge in [0.2, 0.25) is 0 Å². The van der Waals surface area contributed by atoms with Crippen molar-refractivity contribution in [1.29, 1.82) is 0 Å². The highest BCUT2D eigenvalue weighted by Gasteiger charge is 2.30. The van der Waals surface area contributed by atoms with E-state index in [0.717, 1.165) is 22.5 Å². The summed E-state index contributed by atoms with van der Waals surface area (Å²) >= 11 is 0.941. The van der Waals surface area contributed by atoms with Gasteiger partial charge in [-0.15, -0.1) is 4.39 Å². The van der Waals surface area contributed by atoms with Crippen LogP contribution in [0, 0.1) is 0 Å². The number of amides is 1. The summed E-state index contributed by atoms with van der Waals surface area (Å²) in [7, 11) is 1.32. The van der Waals surface area contributed by atoms with Gasteiger partial charge in [0.25, 0.3) is 0 Å². The lowest BCUT2D eigenvalue weighted by Gasteiger charge is -2.27. The van der Waals surface area contributed by atoms with Gasteiger partial charge in [0.1, 0.15) is 6.29 Å². The van der Waals surface area contributed by atoms with Crippen LogP contribution in [0.25, 0.3) is 0 Å². The summed E-state index contributed by atoms with van der Waals surface area (Å²) in [5.41, 5.74) is 0. The number of nitrogens with zero attached hydrogens (tertiary/aromatic N) is 1. The van der Waals surface area contributed by atoms with Crippen molar-refractivity contribution in [2.24, 2.45) is 0 Å². The average Bonchev–Trinajstić information content (AvgIpc) is 2.14. The molecule has 0 heterocycles. The molecule has 13 heavy (non-hydrogen) atoms. The normalized spacial score (nSPS) is 11.1. The molecule has 0 spiro atoms. The summed E-state index contributed by atoms with van der Waals surface area (Å²) < 4.78 is 12.4. The lowest BCUT2D eigenvalue weighted by atomic mass is 10.1. The Morgan fingerprint density at radius 2 is 2.00 bits per heavy atom. The van der Waals surface area contributed by atoms with Crippen LogP contribution in [0.15, 0.2) is 0 Å². The largest absolute Gasteiger partial charge is 0.409 e. The number of halogens is 1. The van der Waals surface area contributed by atoms with Gasteiger partial charge in [0.05, 0.1) is 4.75 Å². The lowest BCUT2D eigenvalue weighted by Crippen LogP contribution is -2.31. The Morgan fingerprint density at radius 1 is 1.54 bits per heavy atom. The van der Waals surface area contributed by atoms with Crippen molar-refractivity contribution in [3.63, 3.8) is 0 Å². The summed E-state index contributed by atoms with van der Waals surface area (Å²) in [6, 6.07) is 0. The summed E-state index contributed by atoms with van der Waals surface area (Å²) in [5.74, 6) is 0. The van der Waals surface area contributed by atoms with E-state index in [-0.39, 0.29) is 0 Å². The Morgan fingerprint density at radius 3 is 2.23 bits per heavy atom. The summed E-state index contributed by atoms with van der Waals surface area (Å²) in [4.78, 5) is 21.1. The second-order valence-corrected chi connectivity index (χ2v) is 4.27. The zero-order valence-corrected chi connectivity index (χ0v) is 8.86. The first-order chi connectivity index (χ1) is 6.01. The molecule has 0 aromatic rings. The van der Waals surface area contributed by atoms with E-state index in [2.05, 4.69) is 0 Å². The third kappa shape index (κ3) is 3.34. The first-order valence-corrected chi connectivity index (χ1v) is 4.87. The van der Waals surface area contributed by atoms with Crippen molar-refractivity contribution >= 4 is 24.4 Å². The maximum atomic E-state index is 12.2. The molecule has 0 aliphatic heterocycles. The second-order valence-electron chi connectivity index (χ2n) is 2.73. The number of rotatable bonds is 5. The molecule has 0 aromatic carbocycles. The molecule has 1 amide bonds. The van der Waals surface area contributed by atoms with Crippen LogP contribution in [0.5, 0.6) is 0 Å². The van der Waals surface area contributed by atoms with Crippen LogP contribution in [0.3, 0.4) is 0 Å². The van der Waals surface area contributed by atoms with Crippen LogP contribution in [0.2, 0.25) is 0 Å². The van der Waals surface area contributed by atoms with Gasteiger partial charge in [-0.3, -0.25) is 4.31 Å². The Kier molecular flexibility index (Phi) is 4.98. The van der Waals surface area contributed by atoms with E-state index in [4.69, 9.17) is 0 Å². The van der Waals surface area contributed by atoms with Crippen LogP contribution in [-0.2, 0) is 4.79 Å². The van der Waals surface area contributed by atoms with Gasteiger partial charge in [-0.25, -0.2) is 4.79 Å². The minimum Gasteiger partial charge on any atom is -0.302 e. The van der Waals surface area contributed by atoms with Gasteiger partial charge in [-0.05, 0) is 24.8 Å². The Balaban J connectivity index is 4.41. The highest BCUT2D eigenvalue weighted by Crippen LogP contribution is 2.32. The lowest BCUT2D eigenvalue weighted by molar-refractivity contribution is -0.110. The van der Waals surface area contributed by atoms with Crippen LogP contribution < -0.4 is 0 Å². The third-order valence-corrected chi connectivity index (χ3v) is 3.43. The van der Waals surface area contributed by atoms with E-state index in [1.54, 1.807) is 0 Å². The third-order valence-electron chi connectivity index (χ3n) is 1.98. The second kappa shape index (κ2) is 5.21. The molecule has 0 fully saturated rings. The summed E-state index contributed by atoms with van der Waals surface area (Å²) in [6.45, 7) is 3.67. The van der Waals surface area contributed by atoms with Gasteiger partial charge < -0.3 is 4.79 Å². The molecule has 0 bridgehead atoms. The molecular weight excluding hydrogens is 193 g/mol. The minimum absolute atomic E-state index is 0.579. The fourth-order valence-corrected chi connectivity index (χ4v) is 1.79. The van der Waals surface area contributed by atoms with E-state index in [0.29, 0.717) is 12.8 Å². The molecule has 0 N–H and O–H groups in total. The highest BCUT2D eigenvalue weighted by atomic mass is 32.2. The zero-order valence-electron chi connectivity index (χ0n) is 8.04.